The molecule has 1 aliphatic heterocycles. The van der Waals surface area contributed by atoms with Gasteiger partial charge in [0.25, 0.3) is 0 Å². The minimum Gasteiger partial charge on any atom is -0.481 e. The lowest BCUT2D eigenvalue weighted by Crippen LogP contribution is -2.46. The summed E-state index contributed by atoms with van der Waals surface area (Å²) in [7, 11) is -3.96. The van der Waals surface area contributed by atoms with Gasteiger partial charge in [-0.2, -0.15) is 4.31 Å². The van der Waals surface area contributed by atoms with Crippen molar-refractivity contribution in [2.45, 2.75) is 30.7 Å². The molecule has 1 aliphatic rings. The summed E-state index contributed by atoms with van der Waals surface area (Å²) >= 11 is 3.08. The van der Waals surface area contributed by atoms with Crippen molar-refractivity contribution in [2.24, 2.45) is 5.92 Å². The van der Waals surface area contributed by atoms with E-state index in [1.54, 1.807) is 6.92 Å². The SMILES string of the molecule is CC1CC(C(=O)O)CCN1S(=O)(=O)c1ccc(Br)cc1F. The molecule has 2 atom stereocenters. The molecule has 0 spiro atoms. The lowest BCUT2D eigenvalue weighted by atomic mass is 9.93. The summed E-state index contributed by atoms with van der Waals surface area (Å²) in [6.45, 7) is 1.72. The summed E-state index contributed by atoms with van der Waals surface area (Å²) < 4.78 is 40.6. The Morgan fingerprint density at radius 3 is 2.67 bits per heavy atom. The number of carboxylic acids is 1. The number of halogens is 2. The van der Waals surface area contributed by atoms with Crippen LogP contribution < -0.4 is 0 Å². The Labute approximate surface area is 130 Å². The summed E-state index contributed by atoms with van der Waals surface area (Å²) in [4.78, 5) is 10.6. The molecular weight excluding hydrogens is 365 g/mol. The maximum Gasteiger partial charge on any atom is 0.306 e. The van der Waals surface area contributed by atoms with Gasteiger partial charge in [0.1, 0.15) is 10.7 Å². The second-order valence-corrected chi connectivity index (χ2v) is 7.87. The molecule has 2 rings (SSSR count). The van der Waals surface area contributed by atoms with Crippen LogP contribution in [0.25, 0.3) is 0 Å². The molecule has 8 heteroatoms. The van der Waals surface area contributed by atoms with E-state index in [4.69, 9.17) is 5.11 Å². The largest absolute Gasteiger partial charge is 0.481 e. The Morgan fingerprint density at radius 2 is 2.14 bits per heavy atom. The van der Waals surface area contributed by atoms with Crippen LogP contribution >= 0.6 is 15.9 Å². The van der Waals surface area contributed by atoms with Crippen LogP contribution in [0.1, 0.15) is 19.8 Å². The first-order valence-electron chi connectivity index (χ1n) is 6.43. The first-order valence-corrected chi connectivity index (χ1v) is 8.66. The predicted molar refractivity (Wildman–Crippen MR) is 77.8 cm³/mol. The number of piperidine rings is 1. The second-order valence-electron chi connectivity index (χ2n) is 5.10. The quantitative estimate of drug-likeness (QED) is 0.874. The van der Waals surface area contributed by atoms with Crippen molar-refractivity contribution in [3.8, 4) is 0 Å². The van der Waals surface area contributed by atoms with E-state index in [2.05, 4.69) is 15.9 Å². The van der Waals surface area contributed by atoms with Crippen molar-refractivity contribution in [3.05, 3.63) is 28.5 Å². The standard InChI is InChI=1S/C13H15BrFNO4S/c1-8-6-9(13(17)18)4-5-16(8)21(19,20)12-3-2-10(14)7-11(12)15/h2-3,7-9H,4-6H2,1H3,(H,17,18). The Morgan fingerprint density at radius 1 is 1.48 bits per heavy atom. The van der Waals surface area contributed by atoms with E-state index in [9.17, 15) is 17.6 Å². The Kier molecular flexibility index (Phi) is 4.69. The number of nitrogens with zero attached hydrogens (tertiary/aromatic N) is 1. The van der Waals surface area contributed by atoms with Crippen molar-refractivity contribution < 1.29 is 22.7 Å². The molecule has 1 saturated heterocycles. The Balaban J connectivity index is 2.30. The van der Waals surface area contributed by atoms with Crippen molar-refractivity contribution in [1.29, 1.82) is 0 Å². The first kappa shape index (κ1) is 16.4. The van der Waals surface area contributed by atoms with Gasteiger partial charge < -0.3 is 5.11 Å². The van der Waals surface area contributed by atoms with E-state index < -0.39 is 33.8 Å². The average molecular weight is 380 g/mol. The van der Waals surface area contributed by atoms with Crippen molar-refractivity contribution in [1.82, 2.24) is 4.31 Å². The number of sulfonamides is 1. The van der Waals surface area contributed by atoms with Crippen LogP contribution in [0.4, 0.5) is 4.39 Å². The van der Waals surface area contributed by atoms with Crippen LogP contribution in [-0.2, 0) is 14.8 Å². The zero-order valence-corrected chi connectivity index (χ0v) is 13.7. The number of benzene rings is 1. The predicted octanol–water partition coefficient (Wildman–Crippen LogP) is 2.46. The third-order valence-electron chi connectivity index (χ3n) is 3.65. The summed E-state index contributed by atoms with van der Waals surface area (Å²) in [5.41, 5.74) is 0. The van der Waals surface area contributed by atoms with Crippen LogP contribution in [0, 0.1) is 11.7 Å². The average Bonchev–Trinajstić information content (AvgIpc) is 2.37. The summed E-state index contributed by atoms with van der Waals surface area (Å²) in [6, 6.07) is 3.30. The lowest BCUT2D eigenvalue weighted by molar-refractivity contribution is -0.143. The Bertz CT molecular complexity index is 664. The molecule has 116 valence electrons. The molecule has 1 N–H and O–H groups in total. The highest BCUT2D eigenvalue weighted by molar-refractivity contribution is 9.10. The second kappa shape index (κ2) is 6.02. The van der Waals surface area contributed by atoms with Gasteiger partial charge in [-0.1, -0.05) is 15.9 Å². The van der Waals surface area contributed by atoms with Gasteiger partial charge in [-0.05, 0) is 38.0 Å². The Hall–Kier alpha value is -0.990. The highest BCUT2D eigenvalue weighted by Gasteiger charge is 2.37. The molecule has 5 nitrogen and oxygen atoms in total. The highest BCUT2D eigenvalue weighted by atomic mass is 79.9. The monoisotopic (exact) mass is 379 g/mol. The molecule has 1 aromatic carbocycles. The van der Waals surface area contributed by atoms with Crippen LogP contribution in [-0.4, -0.2) is 36.4 Å². The van der Waals surface area contributed by atoms with Gasteiger partial charge in [-0.25, -0.2) is 12.8 Å². The van der Waals surface area contributed by atoms with Gasteiger partial charge in [0, 0.05) is 17.1 Å². The number of hydrogen-bond acceptors (Lipinski definition) is 3. The fraction of sp³-hybridized carbons (Fsp3) is 0.462. The van der Waals surface area contributed by atoms with Crippen LogP contribution in [0.15, 0.2) is 27.6 Å². The van der Waals surface area contributed by atoms with Gasteiger partial charge in [-0.15, -0.1) is 0 Å². The number of carbonyl (C=O) groups is 1. The molecule has 0 radical (unpaired) electrons. The molecule has 1 heterocycles. The summed E-state index contributed by atoms with van der Waals surface area (Å²) in [6.07, 6.45) is 0.462. The number of hydrogen-bond donors (Lipinski definition) is 1. The molecule has 2 unspecified atom stereocenters. The zero-order valence-electron chi connectivity index (χ0n) is 11.3. The first-order chi connectivity index (χ1) is 9.73. The van der Waals surface area contributed by atoms with E-state index in [1.807, 2.05) is 0 Å². The summed E-state index contributed by atoms with van der Waals surface area (Å²) in [5, 5.41) is 9.00. The van der Waals surface area contributed by atoms with E-state index in [0.717, 1.165) is 6.07 Å². The summed E-state index contributed by atoms with van der Waals surface area (Å²) in [5.74, 6) is -2.30. The van der Waals surface area contributed by atoms with Gasteiger partial charge in [0.05, 0.1) is 5.92 Å². The van der Waals surface area contributed by atoms with Crippen molar-refractivity contribution >= 4 is 31.9 Å². The molecule has 0 bridgehead atoms. The molecule has 1 fully saturated rings. The number of aliphatic carboxylic acids is 1. The molecule has 0 amide bonds. The van der Waals surface area contributed by atoms with E-state index in [1.165, 1.54) is 16.4 Å². The number of rotatable bonds is 3. The zero-order chi connectivity index (χ0) is 15.8. The fourth-order valence-corrected chi connectivity index (χ4v) is 4.58. The maximum atomic E-state index is 13.9. The smallest absolute Gasteiger partial charge is 0.306 e. The molecule has 21 heavy (non-hydrogen) atoms. The van der Waals surface area contributed by atoms with Gasteiger partial charge in [0.15, 0.2) is 0 Å². The third-order valence-corrected chi connectivity index (χ3v) is 6.19. The van der Waals surface area contributed by atoms with Crippen molar-refractivity contribution in [3.63, 3.8) is 0 Å². The highest BCUT2D eigenvalue weighted by Crippen LogP contribution is 2.30. The van der Waals surface area contributed by atoms with Crippen LogP contribution in [0.3, 0.4) is 0 Å². The van der Waals surface area contributed by atoms with E-state index in [-0.39, 0.29) is 24.3 Å². The van der Waals surface area contributed by atoms with Crippen LogP contribution in [0.5, 0.6) is 0 Å². The van der Waals surface area contributed by atoms with Gasteiger partial charge >= 0.3 is 5.97 Å². The van der Waals surface area contributed by atoms with Crippen LogP contribution in [0.2, 0.25) is 0 Å². The molecule has 0 aromatic heterocycles. The maximum absolute atomic E-state index is 13.9. The molecule has 0 aliphatic carbocycles. The van der Waals surface area contributed by atoms with Gasteiger partial charge in [-0.3, -0.25) is 4.79 Å². The van der Waals surface area contributed by atoms with Crippen molar-refractivity contribution in [2.75, 3.05) is 6.54 Å². The lowest BCUT2D eigenvalue weighted by Gasteiger charge is -2.35. The molecule has 0 saturated carbocycles. The van der Waals surface area contributed by atoms with Gasteiger partial charge in [0.2, 0.25) is 10.0 Å². The molecule has 1 aromatic rings. The minimum atomic E-state index is -3.96. The third kappa shape index (κ3) is 3.27. The minimum absolute atomic E-state index is 0.0793. The molecular formula is C13H15BrFNO4S. The van der Waals surface area contributed by atoms with E-state index >= 15 is 0 Å². The normalized spacial score (nSPS) is 24.0. The number of carboxylic acid groups (broad SMARTS) is 1. The topological polar surface area (TPSA) is 74.7 Å². The fourth-order valence-electron chi connectivity index (χ4n) is 2.54. The van der Waals surface area contributed by atoms with E-state index in [0.29, 0.717) is 4.47 Å².